The third kappa shape index (κ3) is 8.28. The lowest BCUT2D eigenvalue weighted by molar-refractivity contribution is -0.115. The molecule has 0 aromatic heterocycles. The van der Waals surface area contributed by atoms with Crippen LogP contribution in [-0.2, 0) is 25.3 Å². The molecule has 3 rings (SSSR count). The van der Waals surface area contributed by atoms with Gasteiger partial charge in [-0.3, -0.25) is 9.59 Å². The van der Waals surface area contributed by atoms with E-state index in [-0.39, 0.29) is 29.7 Å². The number of nitrogens with one attached hydrogen (secondary N) is 3. The van der Waals surface area contributed by atoms with Crippen LogP contribution in [-0.4, -0.2) is 30.8 Å². The first-order valence-electron chi connectivity index (χ1n) is 11.5. The van der Waals surface area contributed by atoms with Crippen LogP contribution < -0.4 is 30.7 Å². The molecule has 0 aliphatic carbocycles. The van der Waals surface area contributed by atoms with E-state index < -0.39 is 19.5 Å². The van der Waals surface area contributed by atoms with E-state index in [1.54, 1.807) is 48.5 Å². The van der Waals surface area contributed by atoms with Crippen LogP contribution in [0.15, 0.2) is 72.8 Å². The highest BCUT2D eigenvalue weighted by atomic mass is 31.2. The molecule has 11 nitrogen and oxygen atoms in total. The fourth-order valence-corrected chi connectivity index (χ4v) is 5.18. The van der Waals surface area contributed by atoms with Gasteiger partial charge in [0, 0.05) is 37.3 Å². The largest absolute Gasteiger partial charge is 0.453 e. The number of carbonyl (C=O) groups is 3. The maximum atomic E-state index is 14.4. The van der Waals surface area contributed by atoms with Gasteiger partial charge in [-0.05, 0) is 66.2 Å². The van der Waals surface area contributed by atoms with E-state index in [1.165, 1.54) is 45.2 Å². The van der Waals surface area contributed by atoms with E-state index in [1.807, 2.05) is 0 Å². The molecule has 0 aliphatic heterocycles. The first-order valence-corrected chi connectivity index (χ1v) is 13.1. The number of carbonyl (C=O) groups excluding carboxylic acids is 3. The highest BCUT2D eigenvalue weighted by Gasteiger charge is 2.41. The quantitative estimate of drug-likeness (QED) is 0.212. The van der Waals surface area contributed by atoms with Crippen molar-refractivity contribution in [3.8, 4) is 11.5 Å². The van der Waals surface area contributed by atoms with Crippen molar-refractivity contribution in [3.63, 3.8) is 0 Å². The Morgan fingerprint density at radius 1 is 0.789 bits per heavy atom. The van der Waals surface area contributed by atoms with E-state index in [2.05, 4.69) is 16.0 Å². The average Bonchev–Trinajstić information content (AvgIpc) is 2.86. The summed E-state index contributed by atoms with van der Waals surface area (Å²) < 4.78 is 31.0. The van der Waals surface area contributed by atoms with Crippen LogP contribution in [0.2, 0.25) is 0 Å². The molecule has 0 spiro atoms. The summed E-state index contributed by atoms with van der Waals surface area (Å²) in [5.74, 6) is -1.33. The third-order valence-electron chi connectivity index (χ3n) is 5.08. The Morgan fingerprint density at radius 3 is 1.63 bits per heavy atom. The summed E-state index contributed by atoms with van der Waals surface area (Å²) in [7, 11) is -3.04. The molecule has 0 heterocycles. The Morgan fingerprint density at radius 2 is 1.24 bits per heavy atom. The fourth-order valence-electron chi connectivity index (χ4n) is 3.36. The highest BCUT2D eigenvalue weighted by molar-refractivity contribution is 7.55. The second kappa shape index (κ2) is 12.6. The molecule has 12 heteroatoms. The monoisotopic (exact) mass is 540 g/mol. The van der Waals surface area contributed by atoms with E-state index >= 15 is 0 Å². The molecule has 200 valence electrons. The van der Waals surface area contributed by atoms with Crippen LogP contribution in [0.25, 0.3) is 0 Å². The summed E-state index contributed by atoms with van der Waals surface area (Å²) in [4.78, 5) is 34.9. The number of anilines is 3. The number of rotatable bonds is 10. The molecule has 1 atom stereocenters. The number of nitrogens with two attached hydrogens (primary N) is 1. The van der Waals surface area contributed by atoms with Gasteiger partial charge in [0.05, 0.1) is 7.11 Å². The van der Waals surface area contributed by atoms with Crippen molar-refractivity contribution in [1.29, 1.82) is 0 Å². The van der Waals surface area contributed by atoms with Gasteiger partial charge in [0.25, 0.3) is 0 Å². The number of ether oxygens (including phenoxy) is 1. The zero-order chi connectivity index (χ0) is 27.7. The van der Waals surface area contributed by atoms with E-state index in [9.17, 15) is 18.9 Å². The molecule has 3 aromatic carbocycles. The topological polar surface area (TPSA) is 158 Å². The molecule has 0 aliphatic rings. The average molecular weight is 541 g/mol. The fraction of sp³-hybridized carbons (Fsp3) is 0.192. The van der Waals surface area contributed by atoms with Crippen molar-refractivity contribution >= 4 is 42.6 Å². The number of amides is 3. The van der Waals surface area contributed by atoms with Crippen LogP contribution in [0.3, 0.4) is 0 Å². The van der Waals surface area contributed by atoms with E-state index in [0.717, 1.165) is 0 Å². The molecule has 3 amide bonds. The smallest absolute Gasteiger partial charge is 0.453 e. The lowest BCUT2D eigenvalue weighted by Crippen LogP contribution is -2.38. The Hall–Kier alpha value is -4.50. The molecule has 0 saturated heterocycles. The van der Waals surface area contributed by atoms with E-state index in [0.29, 0.717) is 22.6 Å². The Kier molecular flexibility index (Phi) is 9.34. The maximum absolute atomic E-state index is 14.4. The van der Waals surface area contributed by atoms with E-state index in [4.69, 9.17) is 19.5 Å². The van der Waals surface area contributed by atoms with Gasteiger partial charge >= 0.3 is 13.7 Å². The maximum Gasteiger partial charge on any atom is 0.453 e. The van der Waals surface area contributed by atoms with Crippen LogP contribution in [0.5, 0.6) is 11.5 Å². The number of hydrogen-bond acceptors (Lipinski definition) is 8. The number of hydrogen-bond donors (Lipinski definition) is 4. The molecule has 38 heavy (non-hydrogen) atoms. The molecule has 0 radical (unpaired) electrons. The lowest BCUT2D eigenvalue weighted by Gasteiger charge is -2.28. The van der Waals surface area contributed by atoms with Crippen LogP contribution in [0.1, 0.15) is 19.4 Å². The van der Waals surface area contributed by atoms with Crippen LogP contribution in [0, 0.1) is 0 Å². The lowest BCUT2D eigenvalue weighted by atomic mass is 10.1. The van der Waals surface area contributed by atoms with Crippen molar-refractivity contribution < 1.29 is 32.7 Å². The van der Waals surface area contributed by atoms with Gasteiger partial charge in [0.1, 0.15) is 11.5 Å². The van der Waals surface area contributed by atoms with Gasteiger partial charge in [-0.25, -0.2) is 9.36 Å². The van der Waals surface area contributed by atoms with Gasteiger partial charge in [0.2, 0.25) is 11.8 Å². The Labute approximate surface area is 220 Å². The van der Waals surface area contributed by atoms with Gasteiger partial charge in [0.15, 0.2) is 5.78 Å². The number of alkyl carbamates (subject to hydrolysis) is 1. The second-order valence-corrected chi connectivity index (χ2v) is 10.3. The molecule has 0 bridgehead atoms. The second-order valence-electron chi connectivity index (χ2n) is 8.23. The normalized spacial score (nSPS) is 11.6. The van der Waals surface area contributed by atoms with Gasteiger partial charge < -0.3 is 35.5 Å². The SMILES string of the molecule is COC(=O)NC(Cc1ccc(N)cc1)P(=O)(Oc1ccc(NC(C)=O)cc1)Oc1ccc(NC(C)=O)cc1. The number of nitrogen functional groups attached to an aromatic ring is 1. The summed E-state index contributed by atoms with van der Waals surface area (Å²) in [6.07, 6.45) is -0.777. The van der Waals surface area contributed by atoms with Gasteiger partial charge in [-0.15, -0.1) is 0 Å². The summed E-state index contributed by atoms with van der Waals surface area (Å²) in [5.41, 5.74) is 8.06. The molecule has 3 aromatic rings. The van der Waals surface area contributed by atoms with Crippen LogP contribution in [0.4, 0.5) is 21.9 Å². The number of methoxy groups -OCH3 is 1. The van der Waals surface area contributed by atoms with Crippen molar-refractivity contribution in [1.82, 2.24) is 5.32 Å². The van der Waals surface area contributed by atoms with Crippen molar-refractivity contribution in [2.45, 2.75) is 26.1 Å². The van der Waals surface area contributed by atoms with Crippen molar-refractivity contribution in [3.05, 3.63) is 78.4 Å². The zero-order valence-electron chi connectivity index (χ0n) is 21.1. The molecule has 0 saturated carbocycles. The predicted octanol–water partition coefficient (Wildman–Crippen LogP) is 4.76. The molecule has 1 unspecified atom stereocenters. The minimum atomic E-state index is -4.22. The number of benzene rings is 3. The van der Waals surface area contributed by atoms with Gasteiger partial charge in [-0.2, -0.15) is 0 Å². The summed E-state index contributed by atoms with van der Waals surface area (Å²) in [6.45, 7) is 2.76. The predicted molar refractivity (Wildman–Crippen MR) is 144 cm³/mol. The van der Waals surface area contributed by atoms with Gasteiger partial charge in [-0.1, -0.05) is 12.1 Å². The Bertz CT molecular complexity index is 1250. The van der Waals surface area contributed by atoms with Crippen molar-refractivity contribution in [2.75, 3.05) is 23.5 Å². The minimum absolute atomic E-state index is 0.0562. The standard InChI is InChI=1S/C26H29N4O7P/c1-17(31)28-21-8-12-23(13-9-21)36-38(34,37-24-14-10-22(11-15-24)29-18(2)32)25(30-26(33)35-3)16-19-4-6-20(27)7-5-19/h4-15,25H,16,27H2,1-3H3,(H,28,31)(H,29,32)(H,30,33). The minimum Gasteiger partial charge on any atom is -0.453 e. The Balaban J connectivity index is 1.98. The molecule has 0 fully saturated rings. The molecule has 5 N–H and O–H groups in total. The zero-order valence-corrected chi connectivity index (χ0v) is 22.0. The highest BCUT2D eigenvalue weighted by Crippen LogP contribution is 2.53. The van der Waals surface area contributed by atoms with Crippen molar-refractivity contribution in [2.24, 2.45) is 0 Å². The van der Waals surface area contributed by atoms with Crippen LogP contribution >= 0.6 is 7.60 Å². The molecular formula is C26H29N4O7P. The summed E-state index contributed by atoms with van der Waals surface area (Å²) in [6, 6.07) is 19.2. The first kappa shape index (κ1) is 28.1. The first-order chi connectivity index (χ1) is 18.1. The summed E-state index contributed by atoms with van der Waals surface area (Å²) >= 11 is 0. The molecular weight excluding hydrogens is 511 g/mol. The summed E-state index contributed by atoms with van der Waals surface area (Å²) in [5, 5.41) is 7.84. The third-order valence-corrected chi connectivity index (χ3v) is 7.08.